The summed E-state index contributed by atoms with van der Waals surface area (Å²) in [6.45, 7) is 5.07. The number of fused-ring (bicyclic) bond motifs is 1. The molecule has 0 saturated heterocycles. The standard InChI is InChI=1S/C14H17N5S/c1-10(2)13-16-17-14-19(13)18-12(20-14)8-9-15-11-6-4-3-5-7-11/h3-7,10,15H,8-9H2,1-2H3. The number of nitrogens with one attached hydrogen (secondary N) is 1. The SMILES string of the molecule is CC(C)c1nnc2sc(CCNc3ccccc3)nn12. The van der Waals surface area contributed by atoms with E-state index in [1.54, 1.807) is 11.3 Å². The van der Waals surface area contributed by atoms with E-state index >= 15 is 0 Å². The van der Waals surface area contributed by atoms with Gasteiger partial charge in [-0.15, -0.1) is 10.2 Å². The monoisotopic (exact) mass is 287 g/mol. The highest BCUT2D eigenvalue weighted by Crippen LogP contribution is 2.18. The molecule has 5 nitrogen and oxygen atoms in total. The van der Waals surface area contributed by atoms with Gasteiger partial charge in [-0.3, -0.25) is 0 Å². The lowest BCUT2D eigenvalue weighted by atomic mass is 10.2. The average molecular weight is 287 g/mol. The maximum Gasteiger partial charge on any atom is 0.234 e. The quantitative estimate of drug-likeness (QED) is 0.784. The average Bonchev–Trinajstić information content (AvgIpc) is 2.99. The minimum atomic E-state index is 0.336. The Bertz CT molecular complexity index is 686. The Morgan fingerprint density at radius 2 is 2.00 bits per heavy atom. The Morgan fingerprint density at radius 3 is 2.75 bits per heavy atom. The molecular formula is C14H17N5S. The second-order valence-corrected chi connectivity index (χ2v) is 5.99. The molecule has 0 bridgehead atoms. The maximum atomic E-state index is 4.60. The van der Waals surface area contributed by atoms with Crippen LogP contribution in [0.2, 0.25) is 0 Å². The van der Waals surface area contributed by atoms with Crippen molar-refractivity contribution >= 4 is 22.0 Å². The van der Waals surface area contributed by atoms with Crippen LogP contribution >= 0.6 is 11.3 Å². The molecule has 1 N–H and O–H groups in total. The van der Waals surface area contributed by atoms with Crippen LogP contribution in [0.4, 0.5) is 5.69 Å². The molecule has 0 spiro atoms. The van der Waals surface area contributed by atoms with E-state index in [4.69, 9.17) is 0 Å². The van der Waals surface area contributed by atoms with Crippen molar-refractivity contribution in [2.45, 2.75) is 26.2 Å². The number of benzene rings is 1. The smallest absolute Gasteiger partial charge is 0.234 e. The van der Waals surface area contributed by atoms with Gasteiger partial charge in [0, 0.05) is 24.6 Å². The van der Waals surface area contributed by atoms with Gasteiger partial charge in [-0.2, -0.15) is 9.61 Å². The number of rotatable bonds is 5. The first-order chi connectivity index (χ1) is 9.74. The van der Waals surface area contributed by atoms with E-state index in [0.29, 0.717) is 5.92 Å². The predicted octanol–water partition coefficient (Wildman–Crippen LogP) is 2.96. The Morgan fingerprint density at radius 1 is 1.20 bits per heavy atom. The molecule has 0 fully saturated rings. The molecule has 3 rings (SSSR count). The van der Waals surface area contributed by atoms with Crippen LogP contribution in [-0.4, -0.2) is 26.4 Å². The van der Waals surface area contributed by atoms with Crippen molar-refractivity contribution in [1.29, 1.82) is 0 Å². The number of hydrogen-bond acceptors (Lipinski definition) is 5. The molecule has 104 valence electrons. The lowest BCUT2D eigenvalue weighted by Crippen LogP contribution is -2.05. The van der Waals surface area contributed by atoms with E-state index in [1.165, 1.54) is 0 Å². The zero-order valence-corrected chi connectivity index (χ0v) is 12.4. The molecule has 0 aliphatic heterocycles. The van der Waals surface area contributed by atoms with Crippen LogP contribution in [0.5, 0.6) is 0 Å². The van der Waals surface area contributed by atoms with E-state index in [-0.39, 0.29) is 0 Å². The molecule has 3 aromatic rings. The van der Waals surface area contributed by atoms with Crippen molar-refractivity contribution in [3.8, 4) is 0 Å². The van der Waals surface area contributed by atoms with E-state index in [0.717, 1.165) is 34.4 Å². The Kier molecular flexibility index (Phi) is 3.64. The third-order valence-electron chi connectivity index (χ3n) is 3.02. The van der Waals surface area contributed by atoms with Gasteiger partial charge in [0.25, 0.3) is 0 Å². The second kappa shape index (κ2) is 5.58. The van der Waals surface area contributed by atoms with Crippen molar-refractivity contribution in [3.63, 3.8) is 0 Å². The second-order valence-electron chi connectivity index (χ2n) is 4.95. The van der Waals surface area contributed by atoms with Crippen LogP contribution in [0.25, 0.3) is 4.96 Å². The predicted molar refractivity (Wildman–Crippen MR) is 81.4 cm³/mol. The number of nitrogens with zero attached hydrogens (tertiary/aromatic N) is 4. The summed E-state index contributed by atoms with van der Waals surface area (Å²) in [5.41, 5.74) is 1.14. The molecule has 2 heterocycles. The van der Waals surface area contributed by atoms with Crippen LogP contribution in [-0.2, 0) is 6.42 Å². The molecule has 0 saturated carbocycles. The van der Waals surface area contributed by atoms with E-state index < -0.39 is 0 Å². The van der Waals surface area contributed by atoms with E-state index in [2.05, 4.69) is 46.6 Å². The summed E-state index contributed by atoms with van der Waals surface area (Å²) in [6.07, 6.45) is 0.889. The fraction of sp³-hybridized carbons (Fsp3) is 0.357. The maximum absolute atomic E-state index is 4.60. The van der Waals surface area contributed by atoms with Gasteiger partial charge in [-0.05, 0) is 12.1 Å². The molecule has 0 radical (unpaired) electrons. The van der Waals surface area contributed by atoms with Crippen molar-refractivity contribution in [3.05, 3.63) is 41.2 Å². The van der Waals surface area contributed by atoms with Crippen LogP contribution in [0.3, 0.4) is 0 Å². The summed E-state index contributed by atoms with van der Waals surface area (Å²) >= 11 is 1.61. The van der Waals surface area contributed by atoms with Crippen molar-refractivity contribution < 1.29 is 0 Å². The minimum absolute atomic E-state index is 0.336. The zero-order valence-electron chi connectivity index (χ0n) is 11.6. The van der Waals surface area contributed by atoms with E-state index in [1.807, 2.05) is 22.7 Å². The molecule has 2 aromatic heterocycles. The Hall–Kier alpha value is -1.95. The summed E-state index contributed by atoms with van der Waals surface area (Å²) in [5, 5.41) is 17.4. The van der Waals surface area contributed by atoms with Crippen molar-refractivity contribution in [2.75, 3.05) is 11.9 Å². The van der Waals surface area contributed by atoms with Gasteiger partial charge >= 0.3 is 0 Å². The normalized spacial score (nSPS) is 11.3. The minimum Gasteiger partial charge on any atom is -0.385 e. The molecule has 0 aliphatic rings. The van der Waals surface area contributed by atoms with Crippen LogP contribution in [0.1, 0.15) is 30.6 Å². The number of hydrogen-bond donors (Lipinski definition) is 1. The van der Waals surface area contributed by atoms with Gasteiger partial charge in [0.15, 0.2) is 5.82 Å². The van der Waals surface area contributed by atoms with Gasteiger partial charge in [0.2, 0.25) is 4.96 Å². The summed E-state index contributed by atoms with van der Waals surface area (Å²) < 4.78 is 1.87. The topological polar surface area (TPSA) is 55.1 Å². The van der Waals surface area contributed by atoms with Gasteiger partial charge in [0.1, 0.15) is 5.01 Å². The van der Waals surface area contributed by atoms with Crippen molar-refractivity contribution in [1.82, 2.24) is 19.8 Å². The van der Waals surface area contributed by atoms with Crippen LogP contribution < -0.4 is 5.32 Å². The lowest BCUT2D eigenvalue weighted by Gasteiger charge is -2.03. The first-order valence-corrected chi connectivity index (χ1v) is 7.55. The highest BCUT2D eigenvalue weighted by Gasteiger charge is 2.13. The summed E-state index contributed by atoms with van der Waals surface area (Å²) in [6, 6.07) is 10.2. The number of aromatic nitrogens is 4. The number of para-hydroxylation sites is 1. The van der Waals surface area contributed by atoms with Crippen LogP contribution in [0.15, 0.2) is 30.3 Å². The summed E-state index contributed by atoms with van der Waals surface area (Å²) in [4.78, 5) is 0.878. The molecule has 0 unspecified atom stereocenters. The molecule has 6 heteroatoms. The molecule has 0 amide bonds. The molecule has 0 atom stereocenters. The third-order valence-corrected chi connectivity index (χ3v) is 3.97. The van der Waals surface area contributed by atoms with Gasteiger partial charge < -0.3 is 5.32 Å². The molecule has 20 heavy (non-hydrogen) atoms. The third kappa shape index (κ3) is 2.65. The van der Waals surface area contributed by atoms with Crippen LogP contribution in [0, 0.1) is 0 Å². The van der Waals surface area contributed by atoms with Gasteiger partial charge in [-0.1, -0.05) is 43.4 Å². The first-order valence-electron chi connectivity index (χ1n) is 6.74. The molecule has 0 aliphatic carbocycles. The number of anilines is 1. The first kappa shape index (κ1) is 13.1. The zero-order chi connectivity index (χ0) is 13.9. The van der Waals surface area contributed by atoms with Gasteiger partial charge in [-0.25, -0.2) is 0 Å². The summed E-state index contributed by atoms with van der Waals surface area (Å²) in [7, 11) is 0. The lowest BCUT2D eigenvalue weighted by molar-refractivity contribution is 0.717. The van der Waals surface area contributed by atoms with E-state index in [9.17, 15) is 0 Å². The van der Waals surface area contributed by atoms with Crippen molar-refractivity contribution in [2.24, 2.45) is 0 Å². The molecular weight excluding hydrogens is 270 g/mol. The van der Waals surface area contributed by atoms with Gasteiger partial charge in [0.05, 0.1) is 0 Å². The highest BCUT2D eigenvalue weighted by molar-refractivity contribution is 7.16. The summed E-state index contributed by atoms with van der Waals surface area (Å²) in [5.74, 6) is 1.26. The fourth-order valence-electron chi connectivity index (χ4n) is 2.00. The Labute approximate surface area is 121 Å². The molecule has 1 aromatic carbocycles. The largest absolute Gasteiger partial charge is 0.385 e. The fourth-order valence-corrected chi connectivity index (χ4v) is 2.84. The highest BCUT2D eigenvalue weighted by atomic mass is 32.1. The Balaban J connectivity index is 1.66.